The summed E-state index contributed by atoms with van der Waals surface area (Å²) in [4.78, 5) is 0. The molecule has 0 aliphatic carbocycles. The molecule has 0 heterocycles. The second-order valence-corrected chi connectivity index (χ2v) is 3.10. The number of allylic oxidation sites excluding steroid dienone is 1. The zero-order valence-electron chi connectivity index (χ0n) is 9.85. The minimum Gasteiger partial charge on any atom is -0.358 e. The minimum atomic E-state index is -2.48. The van der Waals surface area contributed by atoms with Gasteiger partial charge >= 0.3 is 51.4 Å². The van der Waals surface area contributed by atoms with Gasteiger partial charge in [-0.15, -0.1) is 0 Å². The summed E-state index contributed by atoms with van der Waals surface area (Å²) in [6.45, 7) is 5.34. The van der Waals surface area contributed by atoms with Crippen LogP contribution >= 0.6 is 0 Å². The Balaban J connectivity index is 0. The van der Waals surface area contributed by atoms with Crippen LogP contribution in [0, 0.1) is 19.8 Å². The van der Waals surface area contributed by atoms with E-state index in [-0.39, 0.29) is 64.4 Å². The first kappa shape index (κ1) is 18.5. The fraction of sp³-hybridized carbons (Fsp3) is 0.167. The molecular weight excluding hydrogens is 235 g/mol. The largest absolute Gasteiger partial charge is 1.00 e. The smallest absolute Gasteiger partial charge is 0.358 e. The molecule has 82 valence electrons. The molecule has 1 aromatic rings. The second-order valence-electron chi connectivity index (χ2n) is 3.10. The summed E-state index contributed by atoms with van der Waals surface area (Å²) >= 11 is 0. The molecular formula is C12H14F2KN. The predicted molar refractivity (Wildman–Crippen MR) is 60.4 cm³/mol. The van der Waals surface area contributed by atoms with Crippen LogP contribution in [-0.4, -0.2) is 6.21 Å². The summed E-state index contributed by atoms with van der Waals surface area (Å²) in [7, 11) is 0. The minimum absolute atomic E-state index is 0. The quantitative estimate of drug-likeness (QED) is 0.470. The predicted octanol–water partition coefficient (Wildman–Crippen LogP) is 1.05. The Morgan fingerprint density at radius 1 is 1.38 bits per heavy atom. The summed E-state index contributed by atoms with van der Waals surface area (Å²) in [5.41, 5.74) is 1.75. The van der Waals surface area contributed by atoms with Gasteiger partial charge in [-0.05, 0) is 24.1 Å². The van der Waals surface area contributed by atoms with Gasteiger partial charge in [-0.1, -0.05) is 24.3 Å². The maximum atomic E-state index is 12.4. The maximum absolute atomic E-state index is 12.4. The Morgan fingerprint density at radius 2 is 1.94 bits per heavy atom. The Kier molecular flexibility index (Phi) is 9.54. The van der Waals surface area contributed by atoms with E-state index in [9.17, 15) is 8.78 Å². The van der Waals surface area contributed by atoms with Crippen LogP contribution in [0.15, 0.2) is 24.8 Å². The van der Waals surface area contributed by atoms with Crippen molar-refractivity contribution in [1.82, 2.24) is 0 Å². The molecule has 0 aliphatic heterocycles. The van der Waals surface area contributed by atoms with E-state index in [0.717, 1.165) is 11.8 Å². The normalized spacial score (nSPS) is 9.00. The fourth-order valence-corrected chi connectivity index (χ4v) is 1.21. The molecule has 1 rings (SSSR count). The summed E-state index contributed by atoms with van der Waals surface area (Å²) < 4.78 is 24.8. The summed E-state index contributed by atoms with van der Waals surface area (Å²) in [5, 5.41) is 6.98. The first-order valence-electron chi connectivity index (χ1n) is 4.14. The van der Waals surface area contributed by atoms with Gasteiger partial charge in [0.15, 0.2) is 0 Å². The van der Waals surface area contributed by atoms with E-state index < -0.39 is 6.43 Å². The van der Waals surface area contributed by atoms with Crippen LogP contribution in [0.2, 0.25) is 0 Å². The monoisotopic (exact) mass is 249 g/mol. The third kappa shape index (κ3) is 4.97. The molecule has 1 N–H and O–H groups in total. The Morgan fingerprint density at radius 3 is 2.38 bits per heavy atom. The van der Waals surface area contributed by atoms with Gasteiger partial charge in [0.05, 0.1) is 0 Å². The van der Waals surface area contributed by atoms with Crippen LogP contribution in [0.5, 0.6) is 0 Å². The third-order valence-electron chi connectivity index (χ3n) is 1.90. The van der Waals surface area contributed by atoms with Crippen molar-refractivity contribution in [3.05, 3.63) is 48.9 Å². The Labute approximate surface area is 138 Å². The van der Waals surface area contributed by atoms with Gasteiger partial charge in [0.1, 0.15) is 0 Å². The number of halogens is 2. The van der Waals surface area contributed by atoms with E-state index >= 15 is 0 Å². The van der Waals surface area contributed by atoms with Crippen molar-refractivity contribution in [1.29, 1.82) is 5.41 Å². The first-order chi connectivity index (χ1) is 6.54. The van der Waals surface area contributed by atoms with Crippen molar-refractivity contribution in [2.75, 3.05) is 0 Å². The summed E-state index contributed by atoms with van der Waals surface area (Å²) in [6.07, 6.45) is -1.42. The van der Waals surface area contributed by atoms with E-state index in [1.807, 2.05) is 0 Å². The molecule has 0 aromatic heterocycles. The Bertz CT molecular complexity index is 375. The van der Waals surface area contributed by atoms with Crippen LogP contribution in [0.3, 0.4) is 0 Å². The van der Waals surface area contributed by atoms with Crippen molar-refractivity contribution in [2.45, 2.75) is 13.3 Å². The molecule has 0 amide bonds. The van der Waals surface area contributed by atoms with E-state index in [0.29, 0.717) is 11.1 Å². The van der Waals surface area contributed by atoms with Gasteiger partial charge in [0, 0.05) is 11.8 Å². The molecule has 0 bridgehead atoms. The number of nitrogens with one attached hydrogen (secondary N) is 1. The fourth-order valence-electron chi connectivity index (χ4n) is 1.21. The van der Waals surface area contributed by atoms with Gasteiger partial charge in [0.25, 0.3) is 6.43 Å². The first-order valence-corrected chi connectivity index (χ1v) is 4.14. The zero-order valence-corrected chi connectivity index (χ0v) is 13.0. The Hall–Kier alpha value is 0.126. The van der Waals surface area contributed by atoms with Crippen molar-refractivity contribution < 1.29 is 60.2 Å². The molecule has 0 atom stereocenters. The molecule has 0 spiro atoms. The molecule has 0 saturated carbocycles. The molecule has 4 heteroatoms. The van der Waals surface area contributed by atoms with Crippen molar-refractivity contribution in [2.24, 2.45) is 0 Å². The number of aryl methyl sites for hydroxylation is 1. The number of alkyl halides is 2. The topological polar surface area (TPSA) is 23.9 Å². The molecule has 0 saturated heterocycles. The van der Waals surface area contributed by atoms with Crippen molar-refractivity contribution >= 4 is 11.8 Å². The van der Waals surface area contributed by atoms with E-state index in [1.54, 1.807) is 13.0 Å². The zero-order chi connectivity index (χ0) is 10.7. The van der Waals surface area contributed by atoms with Crippen LogP contribution in [-0.2, 0) is 0 Å². The van der Waals surface area contributed by atoms with E-state index in [1.165, 1.54) is 12.1 Å². The molecule has 0 aliphatic rings. The summed E-state index contributed by atoms with van der Waals surface area (Å²) in [5.74, 6) is 0. The maximum Gasteiger partial charge on any atom is 1.00 e. The average Bonchev–Trinajstić information content (AvgIpc) is 2.15. The van der Waals surface area contributed by atoms with Crippen LogP contribution < -0.4 is 51.4 Å². The van der Waals surface area contributed by atoms with Gasteiger partial charge in [-0.3, -0.25) is 0 Å². The van der Waals surface area contributed by atoms with E-state index in [4.69, 9.17) is 5.41 Å². The van der Waals surface area contributed by atoms with Crippen LogP contribution in [0.1, 0.15) is 23.1 Å². The standard InChI is InChI=1S/C11H11F2N.CH3.K/c1-7-3-9(8(2)6-14)5-10(4-7)11(12)13;;/h3-6,11,14H,2H2,1H3;1H3;/q;-1;+1. The van der Waals surface area contributed by atoms with E-state index in [2.05, 4.69) is 6.58 Å². The SMILES string of the molecule is C=C(C=N)c1cc(C)cc(C(F)F)c1.[CH3-].[K+]. The van der Waals surface area contributed by atoms with Gasteiger partial charge in [-0.2, -0.15) is 0 Å². The molecule has 0 radical (unpaired) electrons. The van der Waals surface area contributed by atoms with Gasteiger partial charge in [0.2, 0.25) is 0 Å². The molecule has 1 nitrogen and oxygen atoms in total. The number of hydrogen-bond acceptors (Lipinski definition) is 1. The van der Waals surface area contributed by atoms with Crippen molar-refractivity contribution in [3.8, 4) is 0 Å². The molecule has 16 heavy (non-hydrogen) atoms. The average molecular weight is 249 g/mol. The third-order valence-corrected chi connectivity index (χ3v) is 1.90. The summed E-state index contributed by atoms with van der Waals surface area (Å²) in [6, 6.07) is 4.54. The number of rotatable bonds is 3. The molecule has 1 aromatic carbocycles. The van der Waals surface area contributed by atoms with Crippen molar-refractivity contribution in [3.63, 3.8) is 0 Å². The molecule has 0 unspecified atom stereocenters. The number of hydrogen-bond donors (Lipinski definition) is 1. The van der Waals surface area contributed by atoms with Crippen LogP contribution in [0.25, 0.3) is 5.57 Å². The van der Waals surface area contributed by atoms with Gasteiger partial charge in [-0.25, -0.2) is 8.78 Å². The number of benzene rings is 1. The van der Waals surface area contributed by atoms with Crippen LogP contribution in [0.4, 0.5) is 8.78 Å². The second kappa shape index (κ2) is 8.25. The molecule has 0 fully saturated rings. The van der Waals surface area contributed by atoms with Gasteiger partial charge < -0.3 is 12.8 Å².